The molecule has 1 aliphatic carbocycles. The first kappa shape index (κ1) is 25.7. The average molecular weight is 454 g/mol. The fraction of sp³-hybridized carbons (Fsp3) is 0.826. The molecule has 176 valence electrons. The third kappa shape index (κ3) is 9.62. The molecule has 0 spiro atoms. The monoisotopic (exact) mass is 453 g/mol. The van der Waals surface area contributed by atoms with Crippen molar-refractivity contribution in [3.05, 3.63) is 0 Å². The molecule has 3 amide bonds. The molecule has 0 bridgehead atoms. The topological polar surface area (TPSA) is 104 Å². The maximum Gasteiger partial charge on any atom is 0.243 e. The smallest absolute Gasteiger partial charge is 0.243 e. The summed E-state index contributed by atoms with van der Waals surface area (Å²) in [4.78, 5) is 48.9. The van der Waals surface area contributed by atoms with Crippen molar-refractivity contribution in [2.75, 3.05) is 5.75 Å². The number of nitrogens with one attached hydrogen (secondary N) is 3. The molecule has 2 aliphatic rings. The lowest BCUT2D eigenvalue weighted by Crippen LogP contribution is -2.55. The van der Waals surface area contributed by atoms with Crippen LogP contribution in [-0.2, 0) is 19.2 Å². The summed E-state index contributed by atoms with van der Waals surface area (Å²) in [5.74, 6) is 0.342. The second-order valence-electron chi connectivity index (χ2n) is 9.09. The molecule has 0 aromatic carbocycles. The van der Waals surface area contributed by atoms with E-state index in [0.717, 1.165) is 50.7 Å². The van der Waals surface area contributed by atoms with Gasteiger partial charge in [0.1, 0.15) is 12.1 Å². The number of amides is 3. The lowest BCUT2D eigenvalue weighted by molar-refractivity contribution is -0.133. The lowest BCUT2D eigenvalue weighted by atomic mass is 9.95. The number of rotatable bonds is 11. The highest BCUT2D eigenvalue weighted by molar-refractivity contribution is 8.13. The quantitative estimate of drug-likeness (QED) is 0.417. The van der Waals surface area contributed by atoms with Crippen LogP contribution in [0.15, 0.2) is 0 Å². The van der Waals surface area contributed by atoms with Crippen molar-refractivity contribution in [3.63, 3.8) is 0 Å². The van der Waals surface area contributed by atoms with Crippen LogP contribution in [0.2, 0.25) is 0 Å². The summed E-state index contributed by atoms with van der Waals surface area (Å²) in [6.45, 7) is 3.81. The van der Waals surface area contributed by atoms with Crippen molar-refractivity contribution in [1.29, 1.82) is 0 Å². The van der Waals surface area contributed by atoms with Crippen LogP contribution in [0.1, 0.15) is 90.9 Å². The largest absolute Gasteiger partial charge is 0.352 e. The van der Waals surface area contributed by atoms with Gasteiger partial charge >= 0.3 is 0 Å². The van der Waals surface area contributed by atoms with Crippen LogP contribution in [0.5, 0.6) is 0 Å². The number of carbonyl (C=O) groups excluding carboxylic acids is 4. The summed E-state index contributed by atoms with van der Waals surface area (Å²) in [6.07, 6.45) is 10.4. The second kappa shape index (κ2) is 13.8. The Morgan fingerprint density at radius 1 is 1.03 bits per heavy atom. The molecule has 2 fully saturated rings. The van der Waals surface area contributed by atoms with E-state index in [4.69, 9.17) is 0 Å². The average Bonchev–Trinajstić information content (AvgIpc) is 2.75. The van der Waals surface area contributed by atoms with Gasteiger partial charge in [0.05, 0.1) is 0 Å². The predicted octanol–water partition coefficient (Wildman–Crippen LogP) is 3.07. The normalized spacial score (nSPS) is 20.7. The summed E-state index contributed by atoms with van der Waals surface area (Å²) in [7, 11) is 0. The Morgan fingerprint density at radius 3 is 2.45 bits per heavy atom. The van der Waals surface area contributed by atoms with Gasteiger partial charge in [-0.3, -0.25) is 19.2 Å². The number of carbonyl (C=O) groups is 4. The number of unbranched alkanes of at least 4 members (excludes halogenated alkanes) is 2. The molecule has 3 N–H and O–H groups in total. The first-order valence-electron chi connectivity index (χ1n) is 11.9. The number of thioether (sulfide) groups is 1. The van der Waals surface area contributed by atoms with E-state index in [1.54, 1.807) is 0 Å². The first-order valence-corrected chi connectivity index (χ1v) is 12.9. The summed E-state index contributed by atoms with van der Waals surface area (Å²) in [6, 6.07) is -0.948. The molecule has 1 saturated carbocycles. The van der Waals surface area contributed by atoms with Crippen LogP contribution in [-0.4, -0.2) is 46.7 Å². The van der Waals surface area contributed by atoms with Gasteiger partial charge in [-0.1, -0.05) is 57.7 Å². The predicted molar refractivity (Wildman–Crippen MR) is 123 cm³/mol. The minimum absolute atomic E-state index is 0.0494. The Labute approximate surface area is 190 Å². The number of hydrogen-bond donors (Lipinski definition) is 3. The third-order valence-electron chi connectivity index (χ3n) is 5.99. The van der Waals surface area contributed by atoms with E-state index in [-0.39, 0.29) is 34.8 Å². The van der Waals surface area contributed by atoms with E-state index in [1.807, 2.05) is 13.8 Å². The molecular weight excluding hydrogens is 414 g/mol. The highest BCUT2D eigenvalue weighted by atomic mass is 32.2. The Kier molecular flexibility index (Phi) is 11.4. The molecule has 0 aromatic heterocycles. The van der Waals surface area contributed by atoms with Crippen LogP contribution < -0.4 is 16.0 Å². The Hall–Kier alpha value is -1.57. The summed E-state index contributed by atoms with van der Waals surface area (Å²) in [5, 5.41) is 8.96. The fourth-order valence-electron chi connectivity index (χ4n) is 4.06. The maximum atomic E-state index is 12.9. The summed E-state index contributed by atoms with van der Waals surface area (Å²) < 4.78 is 0. The number of piperidine rings is 1. The van der Waals surface area contributed by atoms with E-state index in [2.05, 4.69) is 16.0 Å². The molecule has 7 nitrogen and oxygen atoms in total. The molecular formula is C23H39N3O4S. The lowest BCUT2D eigenvalue weighted by Gasteiger charge is -2.28. The third-order valence-corrected chi connectivity index (χ3v) is 7.23. The van der Waals surface area contributed by atoms with E-state index < -0.39 is 12.1 Å². The molecule has 0 unspecified atom stereocenters. The fourth-order valence-corrected chi connectivity index (χ4v) is 4.94. The van der Waals surface area contributed by atoms with Gasteiger partial charge in [0.2, 0.25) is 17.7 Å². The Morgan fingerprint density at radius 2 is 1.77 bits per heavy atom. The Balaban J connectivity index is 1.82. The van der Waals surface area contributed by atoms with Crippen molar-refractivity contribution < 1.29 is 19.2 Å². The Bertz CT molecular complexity index is 620. The summed E-state index contributed by atoms with van der Waals surface area (Å²) in [5.41, 5.74) is 0. The molecule has 2 rings (SSSR count). The van der Waals surface area contributed by atoms with Gasteiger partial charge in [0.25, 0.3) is 0 Å². The van der Waals surface area contributed by atoms with E-state index >= 15 is 0 Å². The highest BCUT2D eigenvalue weighted by Crippen LogP contribution is 2.18. The minimum Gasteiger partial charge on any atom is -0.352 e. The van der Waals surface area contributed by atoms with Gasteiger partial charge in [-0.05, 0) is 38.5 Å². The van der Waals surface area contributed by atoms with Crippen LogP contribution >= 0.6 is 11.8 Å². The van der Waals surface area contributed by atoms with Gasteiger partial charge < -0.3 is 16.0 Å². The zero-order valence-electron chi connectivity index (χ0n) is 19.0. The molecule has 1 saturated heterocycles. The SMILES string of the molecule is CC(C)C(=O)SCCCCC[C@H](NC(=O)[C@@H]1CCCC(=O)N1)C(=O)NC1CCCCC1. The molecule has 0 radical (unpaired) electrons. The van der Waals surface area contributed by atoms with Crippen LogP contribution in [0.4, 0.5) is 0 Å². The molecule has 1 heterocycles. The first-order chi connectivity index (χ1) is 14.9. The van der Waals surface area contributed by atoms with E-state index in [9.17, 15) is 19.2 Å². The van der Waals surface area contributed by atoms with Crippen molar-refractivity contribution in [3.8, 4) is 0 Å². The zero-order chi connectivity index (χ0) is 22.6. The minimum atomic E-state index is -0.585. The molecule has 8 heteroatoms. The van der Waals surface area contributed by atoms with Crippen molar-refractivity contribution in [2.45, 2.75) is 109 Å². The van der Waals surface area contributed by atoms with E-state index in [0.29, 0.717) is 25.7 Å². The summed E-state index contributed by atoms with van der Waals surface area (Å²) >= 11 is 1.37. The van der Waals surface area contributed by atoms with Gasteiger partial charge in [0, 0.05) is 24.1 Å². The molecule has 1 aliphatic heterocycles. The zero-order valence-corrected chi connectivity index (χ0v) is 19.9. The standard InChI is InChI=1S/C23H39N3O4S/c1-16(2)23(30)31-15-8-4-7-12-19(21(28)24-17-10-5-3-6-11-17)26-22(29)18-13-9-14-20(27)25-18/h16-19H,3-15H2,1-2H3,(H,24,28)(H,25,27)(H,26,29)/t18-,19-/m0/s1. The molecule has 31 heavy (non-hydrogen) atoms. The number of hydrogen-bond acceptors (Lipinski definition) is 5. The van der Waals surface area contributed by atoms with Gasteiger partial charge in [-0.25, -0.2) is 0 Å². The van der Waals surface area contributed by atoms with Gasteiger partial charge in [-0.2, -0.15) is 0 Å². The molecule has 2 atom stereocenters. The highest BCUT2D eigenvalue weighted by Gasteiger charge is 2.29. The van der Waals surface area contributed by atoms with Gasteiger partial charge in [0.15, 0.2) is 5.12 Å². The molecule has 0 aromatic rings. The maximum absolute atomic E-state index is 12.9. The van der Waals surface area contributed by atoms with Crippen molar-refractivity contribution in [1.82, 2.24) is 16.0 Å². The van der Waals surface area contributed by atoms with Crippen LogP contribution in [0, 0.1) is 5.92 Å². The van der Waals surface area contributed by atoms with E-state index in [1.165, 1.54) is 18.2 Å². The van der Waals surface area contributed by atoms with Gasteiger partial charge in [-0.15, -0.1) is 0 Å². The van der Waals surface area contributed by atoms with Crippen molar-refractivity contribution in [2.24, 2.45) is 5.92 Å². The van der Waals surface area contributed by atoms with Crippen LogP contribution in [0.3, 0.4) is 0 Å². The van der Waals surface area contributed by atoms with Crippen molar-refractivity contribution >= 4 is 34.6 Å². The van der Waals surface area contributed by atoms with Crippen LogP contribution in [0.25, 0.3) is 0 Å². The second-order valence-corrected chi connectivity index (χ2v) is 10.2.